The van der Waals surface area contributed by atoms with Gasteiger partial charge in [-0.3, -0.25) is 13.9 Å². The van der Waals surface area contributed by atoms with E-state index in [4.69, 9.17) is 14.6 Å². The molecule has 1 amide bonds. The summed E-state index contributed by atoms with van der Waals surface area (Å²) in [7, 11) is -1.98. The average Bonchev–Trinajstić information content (AvgIpc) is 3.34. The van der Waals surface area contributed by atoms with E-state index >= 15 is 0 Å². The predicted molar refractivity (Wildman–Crippen MR) is 166 cm³/mol. The molecule has 43 heavy (non-hydrogen) atoms. The maximum atomic E-state index is 13.8. The fraction of sp³-hybridized carbons (Fsp3) is 0.484. The van der Waals surface area contributed by atoms with Crippen molar-refractivity contribution in [2.24, 2.45) is 0 Å². The zero-order valence-corrected chi connectivity index (χ0v) is 25.7. The molecule has 1 aromatic heterocycles. The van der Waals surface area contributed by atoms with E-state index in [1.54, 1.807) is 13.1 Å². The Labute approximate surface area is 252 Å². The molecular weight excluding hydrogens is 572 g/mol. The summed E-state index contributed by atoms with van der Waals surface area (Å²) >= 11 is 0. The van der Waals surface area contributed by atoms with E-state index in [0.29, 0.717) is 44.0 Å². The highest BCUT2D eigenvalue weighted by Crippen LogP contribution is 2.37. The molecule has 2 aliphatic rings. The van der Waals surface area contributed by atoms with Gasteiger partial charge in [-0.15, -0.1) is 0 Å². The maximum Gasteiger partial charge on any atom is 0.290 e. The monoisotopic (exact) mass is 614 g/mol. The molecule has 5 rings (SSSR count). The van der Waals surface area contributed by atoms with Crippen molar-refractivity contribution in [3.05, 3.63) is 65.4 Å². The molecule has 234 valence electrons. The Kier molecular flexibility index (Phi) is 10.8. The van der Waals surface area contributed by atoms with E-state index in [2.05, 4.69) is 24.5 Å². The first-order valence-corrected chi connectivity index (χ1v) is 16.2. The SMILES string of the molecule is CC(C)c1cn2c3c(cc(C(=O)N[C@@H](Cc4ccccc4)[C@H](O)CNC4CCOCC4)cc13)N(C)S(=O)(=O)CC2.O=CO. The second-order valence-corrected chi connectivity index (χ2v) is 13.5. The summed E-state index contributed by atoms with van der Waals surface area (Å²) in [6.07, 6.45) is 3.42. The predicted octanol–water partition coefficient (Wildman–Crippen LogP) is 2.72. The maximum absolute atomic E-state index is 13.8. The van der Waals surface area contributed by atoms with Gasteiger partial charge in [-0.2, -0.15) is 0 Å². The van der Waals surface area contributed by atoms with Gasteiger partial charge < -0.3 is 30.2 Å². The van der Waals surface area contributed by atoms with Crippen LogP contribution in [-0.2, 0) is 32.5 Å². The van der Waals surface area contributed by atoms with Crippen LogP contribution in [0.3, 0.4) is 0 Å². The Morgan fingerprint density at radius 2 is 1.84 bits per heavy atom. The first kappa shape index (κ1) is 32.5. The quantitative estimate of drug-likeness (QED) is 0.269. The van der Waals surface area contributed by atoms with Gasteiger partial charge >= 0.3 is 0 Å². The highest BCUT2D eigenvalue weighted by molar-refractivity contribution is 7.92. The number of amides is 1. The summed E-state index contributed by atoms with van der Waals surface area (Å²) in [4.78, 5) is 22.2. The molecule has 2 aromatic carbocycles. The molecule has 0 aliphatic carbocycles. The van der Waals surface area contributed by atoms with E-state index in [9.17, 15) is 18.3 Å². The lowest BCUT2D eigenvalue weighted by Crippen LogP contribution is -2.50. The number of aliphatic hydroxyl groups is 1. The van der Waals surface area contributed by atoms with Crippen molar-refractivity contribution in [1.29, 1.82) is 0 Å². The third kappa shape index (κ3) is 7.74. The van der Waals surface area contributed by atoms with Gasteiger partial charge in [0.15, 0.2) is 0 Å². The number of nitrogens with zero attached hydrogens (tertiary/aromatic N) is 2. The lowest BCUT2D eigenvalue weighted by atomic mass is 9.98. The summed E-state index contributed by atoms with van der Waals surface area (Å²) < 4.78 is 34.6. The number of sulfonamides is 1. The van der Waals surface area contributed by atoms with Crippen molar-refractivity contribution in [2.75, 3.05) is 36.9 Å². The number of aromatic nitrogens is 1. The number of carbonyl (C=O) groups is 2. The first-order chi connectivity index (χ1) is 20.6. The molecule has 0 bridgehead atoms. The Hall–Kier alpha value is -3.45. The smallest absolute Gasteiger partial charge is 0.290 e. The Bertz CT molecular complexity index is 1500. The van der Waals surface area contributed by atoms with Crippen LogP contribution in [-0.4, -0.2) is 86.3 Å². The van der Waals surface area contributed by atoms with Gasteiger partial charge in [0.2, 0.25) is 10.0 Å². The minimum absolute atomic E-state index is 0.00745. The normalized spacial score (nSPS) is 17.9. The summed E-state index contributed by atoms with van der Waals surface area (Å²) in [6.45, 7) is 6.04. The molecule has 1 fully saturated rings. The van der Waals surface area contributed by atoms with Crippen LogP contribution < -0.4 is 14.9 Å². The van der Waals surface area contributed by atoms with Gasteiger partial charge in [0.05, 0.1) is 29.1 Å². The van der Waals surface area contributed by atoms with Crippen molar-refractivity contribution in [3.8, 4) is 0 Å². The van der Waals surface area contributed by atoms with E-state index in [-0.39, 0.29) is 30.1 Å². The van der Waals surface area contributed by atoms with Crippen LogP contribution in [0, 0.1) is 0 Å². The lowest BCUT2D eigenvalue weighted by Gasteiger charge is -2.28. The first-order valence-electron chi connectivity index (χ1n) is 14.6. The van der Waals surface area contributed by atoms with Gasteiger partial charge in [0.1, 0.15) is 0 Å². The van der Waals surface area contributed by atoms with Gasteiger partial charge in [-0.05, 0) is 48.4 Å². The topological polar surface area (TPSA) is 150 Å². The van der Waals surface area contributed by atoms with Crippen molar-refractivity contribution >= 4 is 39.0 Å². The number of carbonyl (C=O) groups excluding carboxylic acids is 1. The largest absolute Gasteiger partial charge is 0.483 e. The number of anilines is 1. The third-order valence-corrected chi connectivity index (χ3v) is 9.86. The Morgan fingerprint density at radius 1 is 1.16 bits per heavy atom. The van der Waals surface area contributed by atoms with Crippen LogP contribution in [0.15, 0.2) is 48.7 Å². The summed E-state index contributed by atoms with van der Waals surface area (Å²) in [5, 5.41) is 25.5. The second-order valence-electron chi connectivity index (χ2n) is 11.3. The third-order valence-electron chi connectivity index (χ3n) is 8.13. The molecule has 0 unspecified atom stereocenters. The number of nitrogens with one attached hydrogen (secondary N) is 2. The molecule has 0 radical (unpaired) electrons. The fourth-order valence-electron chi connectivity index (χ4n) is 5.69. The van der Waals surface area contributed by atoms with E-state index in [0.717, 1.165) is 34.9 Å². The summed E-state index contributed by atoms with van der Waals surface area (Å²) in [5.74, 6) is -0.159. The molecule has 11 nitrogen and oxygen atoms in total. The van der Waals surface area contributed by atoms with Gasteiger partial charge in [0.25, 0.3) is 12.4 Å². The van der Waals surface area contributed by atoms with E-state index in [1.807, 2.05) is 47.2 Å². The minimum Gasteiger partial charge on any atom is -0.483 e. The summed E-state index contributed by atoms with van der Waals surface area (Å²) in [5.41, 5.74) is 3.76. The molecule has 3 aromatic rings. The van der Waals surface area contributed by atoms with Crippen molar-refractivity contribution in [3.63, 3.8) is 0 Å². The van der Waals surface area contributed by atoms with Gasteiger partial charge in [-0.1, -0.05) is 44.2 Å². The van der Waals surface area contributed by atoms with Crippen molar-refractivity contribution < 1.29 is 33.0 Å². The fourth-order valence-corrected chi connectivity index (χ4v) is 6.83. The number of hydrogen-bond donors (Lipinski definition) is 4. The molecule has 1 saturated heterocycles. The van der Waals surface area contributed by atoms with Crippen LogP contribution >= 0.6 is 0 Å². The molecule has 2 aliphatic heterocycles. The van der Waals surface area contributed by atoms with Crippen LogP contribution in [0.2, 0.25) is 0 Å². The Morgan fingerprint density at radius 3 is 2.49 bits per heavy atom. The molecule has 4 N–H and O–H groups in total. The molecule has 12 heteroatoms. The number of ether oxygens (including phenoxy) is 1. The molecule has 2 atom stereocenters. The standard InChI is InChI=1S/C30H40N4O5S.CH2O2/c1-20(2)25-19-34-11-14-40(37,38)33(3)27-17-22(16-24(25)29(27)34)30(36)32-26(15-21-7-5-4-6-8-21)28(35)18-31-23-9-12-39-13-10-23;2-1-3/h4-8,16-17,19-20,23,26,28,31,35H,9-15,18H2,1-3H3,(H,32,36);1H,(H,2,3)/t26-,28+;/m0./s1. The van der Waals surface area contributed by atoms with E-state index < -0.39 is 22.2 Å². The lowest BCUT2D eigenvalue weighted by molar-refractivity contribution is -0.122. The van der Waals surface area contributed by atoms with E-state index in [1.165, 1.54) is 4.31 Å². The van der Waals surface area contributed by atoms with Crippen LogP contribution in [0.4, 0.5) is 5.69 Å². The number of carboxylic acid groups (broad SMARTS) is 1. The number of aliphatic hydroxyl groups excluding tert-OH is 1. The Balaban J connectivity index is 0.00000135. The number of rotatable bonds is 9. The van der Waals surface area contributed by atoms with Crippen molar-refractivity contribution in [2.45, 2.75) is 63.8 Å². The van der Waals surface area contributed by atoms with Gasteiger partial charge in [-0.25, -0.2) is 8.42 Å². The number of hydrogen-bond acceptors (Lipinski definition) is 7. The van der Waals surface area contributed by atoms with Crippen LogP contribution in [0.5, 0.6) is 0 Å². The zero-order valence-electron chi connectivity index (χ0n) is 24.9. The minimum atomic E-state index is -3.53. The van der Waals surface area contributed by atoms with Crippen LogP contribution in [0.25, 0.3) is 10.9 Å². The molecule has 0 spiro atoms. The van der Waals surface area contributed by atoms with Crippen molar-refractivity contribution in [1.82, 2.24) is 15.2 Å². The summed E-state index contributed by atoms with van der Waals surface area (Å²) in [6, 6.07) is 13.0. The number of aryl methyl sites for hydroxylation is 1. The second kappa shape index (κ2) is 14.3. The molecule has 0 saturated carbocycles. The zero-order chi connectivity index (χ0) is 31.1. The van der Waals surface area contributed by atoms with Crippen LogP contribution in [0.1, 0.15) is 54.1 Å². The number of benzene rings is 2. The highest BCUT2D eigenvalue weighted by Gasteiger charge is 2.30. The highest BCUT2D eigenvalue weighted by atomic mass is 32.2. The molecular formula is C31H42N4O7S. The average molecular weight is 615 g/mol. The van der Waals surface area contributed by atoms with Gasteiger partial charge in [0, 0.05) is 56.5 Å². The molecule has 3 heterocycles.